The van der Waals surface area contributed by atoms with E-state index in [1.165, 1.54) is 16.5 Å². The average Bonchev–Trinajstić information content (AvgIpc) is 3.33. The predicted octanol–water partition coefficient (Wildman–Crippen LogP) is 0.351. The minimum Gasteiger partial charge on any atom is -0.399 e. The predicted molar refractivity (Wildman–Crippen MR) is 126 cm³/mol. The van der Waals surface area contributed by atoms with E-state index in [0.29, 0.717) is 17.1 Å². The number of aromatic nitrogens is 6. The molecule has 2 aromatic heterocycles. The van der Waals surface area contributed by atoms with Crippen molar-refractivity contribution < 1.29 is 4.84 Å². The zero-order valence-corrected chi connectivity index (χ0v) is 18.4. The second kappa shape index (κ2) is 7.58. The summed E-state index contributed by atoms with van der Waals surface area (Å²) < 4.78 is 5.80. The molecule has 7 rings (SSSR count). The molecule has 3 atom stereocenters. The van der Waals surface area contributed by atoms with Gasteiger partial charge in [0.1, 0.15) is 30.9 Å². The number of allylic oxidation sites excluding steroid dienone is 2. The number of hydrogen-bond acceptors (Lipinski definition) is 6. The Hall–Kier alpha value is -4.87. The molecule has 2 aliphatic heterocycles. The van der Waals surface area contributed by atoms with Crippen molar-refractivity contribution in [3.8, 4) is 11.4 Å². The summed E-state index contributed by atoms with van der Waals surface area (Å²) >= 11 is 0. The van der Waals surface area contributed by atoms with Gasteiger partial charge in [-0.05, 0) is 24.3 Å². The van der Waals surface area contributed by atoms with Gasteiger partial charge in [0, 0.05) is 0 Å². The number of para-hydroxylation sites is 2. The molecule has 2 bridgehead atoms. The lowest BCUT2D eigenvalue weighted by molar-refractivity contribution is 0.196. The maximum atomic E-state index is 13.5. The van der Waals surface area contributed by atoms with E-state index in [4.69, 9.17) is 4.84 Å². The minimum atomic E-state index is -0.904. The van der Waals surface area contributed by atoms with Crippen molar-refractivity contribution >= 4 is 5.71 Å². The smallest absolute Gasteiger partial charge is 0.352 e. The van der Waals surface area contributed by atoms with E-state index in [1.54, 1.807) is 72.8 Å². The van der Waals surface area contributed by atoms with Crippen LogP contribution in [0.1, 0.15) is 18.1 Å². The van der Waals surface area contributed by atoms with Crippen LogP contribution in [-0.4, -0.2) is 41.1 Å². The summed E-state index contributed by atoms with van der Waals surface area (Å²) in [6.07, 6.45) is 3.46. The molecule has 1 aliphatic carbocycles. The molecular formula is C23H19N7O5. The fourth-order valence-corrected chi connectivity index (χ4v) is 4.88. The topological polar surface area (TPSA) is 130 Å². The van der Waals surface area contributed by atoms with Gasteiger partial charge in [-0.1, -0.05) is 53.7 Å². The van der Waals surface area contributed by atoms with Crippen molar-refractivity contribution in [2.24, 2.45) is 5.16 Å². The maximum absolute atomic E-state index is 13.5. The lowest BCUT2D eigenvalue weighted by Crippen LogP contribution is -2.52. The molecule has 0 radical (unpaired) electrons. The van der Waals surface area contributed by atoms with Gasteiger partial charge in [0.25, 0.3) is 0 Å². The number of nitrogens with zero attached hydrogens (tertiary/aromatic N) is 6. The van der Waals surface area contributed by atoms with Crippen LogP contribution in [0.2, 0.25) is 0 Å². The Morgan fingerprint density at radius 2 is 1.37 bits per heavy atom. The van der Waals surface area contributed by atoms with E-state index in [-0.39, 0.29) is 0 Å². The average molecular weight is 473 g/mol. The lowest BCUT2D eigenvalue weighted by atomic mass is 9.89. The Kier molecular flexibility index (Phi) is 4.49. The second-order valence-corrected chi connectivity index (χ2v) is 8.13. The van der Waals surface area contributed by atoms with Gasteiger partial charge in [-0.2, -0.15) is 0 Å². The molecule has 3 aliphatic rings. The quantitative estimate of drug-likeness (QED) is 0.338. The van der Waals surface area contributed by atoms with Crippen LogP contribution < -0.4 is 22.8 Å². The van der Waals surface area contributed by atoms with Gasteiger partial charge in [-0.3, -0.25) is 0 Å². The van der Waals surface area contributed by atoms with Gasteiger partial charge in [-0.15, -0.1) is 0 Å². The Labute approximate surface area is 195 Å². The number of H-pyrrole nitrogens is 1. The van der Waals surface area contributed by atoms with Crippen molar-refractivity contribution in [1.82, 2.24) is 28.3 Å². The highest BCUT2D eigenvalue weighted by Crippen LogP contribution is 2.38. The summed E-state index contributed by atoms with van der Waals surface area (Å²) in [4.78, 5) is 58.1. The van der Waals surface area contributed by atoms with Gasteiger partial charge in [-0.25, -0.2) is 47.5 Å². The molecule has 0 saturated carbocycles. The summed E-state index contributed by atoms with van der Waals surface area (Å²) in [6, 6.07) is 14.5. The van der Waals surface area contributed by atoms with E-state index >= 15 is 0 Å². The highest BCUT2D eigenvalue weighted by Gasteiger charge is 2.47. The number of oxime groups is 1. The molecule has 176 valence electrons. The fraction of sp³-hybridized carbons (Fsp3) is 0.174. The molecule has 12 heteroatoms. The van der Waals surface area contributed by atoms with Crippen LogP contribution in [0, 0.1) is 0 Å². The molecule has 4 aromatic rings. The summed E-state index contributed by atoms with van der Waals surface area (Å²) in [5, 5.41) is 6.71. The molecule has 1 N–H and O–H groups in total. The molecule has 0 fully saturated rings. The summed E-state index contributed by atoms with van der Waals surface area (Å²) in [5.74, 6) is 0. The summed E-state index contributed by atoms with van der Waals surface area (Å²) in [7, 11) is 1.35. The Morgan fingerprint density at radius 1 is 0.771 bits per heavy atom. The zero-order chi connectivity index (χ0) is 24.3. The molecule has 3 unspecified atom stereocenters. The van der Waals surface area contributed by atoms with E-state index < -0.39 is 40.9 Å². The van der Waals surface area contributed by atoms with Crippen molar-refractivity contribution in [2.75, 3.05) is 7.11 Å². The Bertz CT molecular complexity index is 1730. The van der Waals surface area contributed by atoms with Crippen LogP contribution in [0.5, 0.6) is 0 Å². The first kappa shape index (κ1) is 20.7. The highest BCUT2D eigenvalue weighted by atomic mass is 16.6. The standard InChI is InChI=1S/C23H19N7O5/c1-35-25-18-16-12-13-17(30-23(34)27(22(33)29(16)30)15-10-6-3-7-11-15)19(18)28-21(32)26(20(31)24-28)14-8-4-2-5-9-14/h2-13,16-17,19H,1H3,(H,24,31)/b25-18+. The van der Waals surface area contributed by atoms with Crippen molar-refractivity contribution in [3.63, 3.8) is 0 Å². The number of hydrogen-bond donors (Lipinski definition) is 1. The van der Waals surface area contributed by atoms with Crippen molar-refractivity contribution in [1.29, 1.82) is 0 Å². The zero-order valence-electron chi connectivity index (χ0n) is 18.4. The van der Waals surface area contributed by atoms with E-state index in [1.807, 2.05) is 0 Å². The van der Waals surface area contributed by atoms with Crippen LogP contribution >= 0.6 is 0 Å². The first-order chi connectivity index (χ1) is 17.0. The second-order valence-electron chi connectivity index (χ2n) is 8.13. The van der Waals surface area contributed by atoms with Crippen LogP contribution in [0.3, 0.4) is 0 Å². The molecule has 12 nitrogen and oxygen atoms in total. The molecule has 35 heavy (non-hydrogen) atoms. The van der Waals surface area contributed by atoms with Gasteiger partial charge >= 0.3 is 22.8 Å². The first-order valence-electron chi connectivity index (χ1n) is 10.8. The van der Waals surface area contributed by atoms with Gasteiger partial charge in [0.2, 0.25) is 0 Å². The van der Waals surface area contributed by atoms with Gasteiger partial charge in [0.15, 0.2) is 0 Å². The third kappa shape index (κ3) is 2.82. The Morgan fingerprint density at radius 3 is 2.00 bits per heavy atom. The normalized spacial score (nSPS) is 21.4. The van der Waals surface area contributed by atoms with Crippen LogP contribution in [0.4, 0.5) is 0 Å². The molecule has 0 saturated heterocycles. The number of nitrogens with one attached hydrogen (secondary N) is 1. The Balaban J connectivity index is 1.59. The molecule has 0 spiro atoms. The summed E-state index contributed by atoms with van der Waals surface area (Å²) in [6.45, 7) is 0. The molecule has 0 amide bonds. The van der Waals surface area contributed by atoms with Crippen LogP contribution in [0.25, 0.3) is 11.4 Å². The number of fused-ring (bicyclic) bond motifs is 1. The highest BCUT2D eigenvalue weighted by molar-refractivity contribution is 5.95. The third-order valence-corrected chi connectivity index (χ3v) is 6.29. The SMILES string of the molecule is CO/N=C1/C(n2[nH]c(=O)n(-c3ccccc3)c2=O)C2C=CC1n1c(=O)n(-c3ccccc3)c(=O)n12. The van der Waals surface area contributed by atoms with E-state index in [9.17, 15) is 19.2 Å². The van der Waals surface area contributed by atoms with Gasteiger partial charge in [0.05, 0.1) is 11.4 Å². The fourth-order valence-electron chi connectivity index (χ4n) is 4.88. The number of aromatic amines is 1. The molecule has 4 heterocycles. The maximum Gasteiger partial charge on any atom is 0.352 e. The van der Waals surface area contributed by atoms with Gasteiger partial charge < -0.3 is 4.84 Å². The number of benzene rings is 2. The first-order valence-corrected chi connectivity index (χ1v) is 10.8. The largest absolute Gasteiger partial charge is 0.399 e. The molecular weight excluding hydrogens is 454 g/mol. The van der Waals surface area contributed by atoms with Crippen molar-refractivity contribution in [2.45, 2.75) is 18.1 Å². The van der Waals surface area contributed by atoms with E-state index in [0.717, 1.165) is 13.8 Å². The van der Waals surface area contributed by atoms with Crippen LogP contribution in [0.15, 0.2) is 97.1 Å². The van der Waals surface area contributed by atoms with E-state index in [2.05, 4.69) is 10.3 Å². The van der Waals surface area contributed by atoms with Crippen LogP contribution in [-0.2, 0) is 4.84 Å². The lowest BCUT2D eigenvalue weighted by Gasteiger charge is -2.39. The monoisotopic (exact) mass is 473 g/mol. The minimum absolute atomic E-state index is 0.302. The summed E-state index contributed by atoms with van der Waals surface area (Å²) in [5.41, 5.74) is -1.29. The van der Waals surface area contributed by atoms with Crippen molar-refractivity contribution in [3.05, 3.63) is 115 Å². The molecule has 2 aromatic carbocycles. The third-order valence-electron chi connectivity index (χ3n) is 6.29. The number of rotatable bonds is 4.